The molecule has 0 amide bonds. The molecule has 0 bridgehead atoms. The zero-order valence-electron chi connectivity index (χ0n) is 11.2. The summed E-state index contributed by atoms with van der Waals surface area (Å²) >= 11 is 0. The normalized spacial score (nSPS) is 20.7. The number of hydrogen-bond donors (Lipinski definition) is 2. The van der Waals surface area contributed by atoms with Crippen molar-refractivity contribution >= 4 is 34.0 Å². The molecule has 0 saturated carbocycles. The zero-order chi connectivity index (χ0) is 14.2. The van der Waals surface area contributed by atoms with E-state index in [9.17, 15) is 12.8 Å². The highest BCUT2D eigenvalue weighted by atomic mass is 35.5. The number of nitrogens with one attached hydrogen (secondary N) is 2. The van der Waals surface area contributed by atoms with E-state index in [1.807, 2.05) is 0 Å². The average Bonchev–Trinajstić information content (AvgIpc) is 2.41. The minimum atomic E-state index is -3.82. The van der Waals surface area contributed by atoms with Crippen LogP contribution in [0.15, 0.2) is 27.5 Å². The van der Waals surface area contributed by atoms with Gasteiger partial charge in [0.05, 0.1) is 12.2 Å². The first-order valence-corrected chi connectivity index (χ1v) is 7.83. The van der Waals surface area contributed by atoms with E-state index in [1.54, 1.807) is 0 Å². The van der Waals surface area contributed by atoms with Crippen LogP contribution in [0.5, 0.6) is 0 Å². The van der Waals surface area contributed by atoms with Gasteiger partial charge in [-0.05, 0) is 12.1 Å². The molecule has 1 saturated heterocycles. The number of halogens is 2. The second-order valence-corrected chi connectivity index (χ2v) is 6.35. The van der Waals surface area contributed by atoms with Gasteiger partial charge in [0.15, 0.2) is 0 Å². The third kappa shape index (κ3) is 3.34. The topological polar surface area (TPSA) is 73.8 Å². The summed E-state index contributed by atoms with van der Waals surface area (Å²) in [6, 6.07) is 3.95. The molecule has 0 atom stereocenters. The Bertz CT molecular complexity index is 659. The fourth-order valence-corrected chi connectivity index (χ4v) is 3.50. The lowest BCUT2D eigenvalue weighted by Gasteiger charge is -2.29. The Labute approximate surface area is 128 Å². The molecule has 9 heteroatoms. The summed E-state index contributed by atoms with van der Waals surface area (Å²) in [4.78, 5) is 1.96. The number of rotatable bonds is 2. The van der Waals surface area contributed by atoms with Crippen LogP contribution < -0.4 is 10.6 Å². The van der Waals surface area contributed by atoms with Crippen LogP contribution >= 0.6 is 12.4 Å². The Morgan fingerprint density at radius 2 is 2.00 bits per heavy atom. The maximum atomic E-state index is 13.8. The van der Waals surface area contributed by atoms with Crippen molar-refractivity contribution in [2.75, 3.05) is 38.0 Å². The predicted octanol–water partition coefficient (Wildman–Crippen LogP) is 0.665. The quantitative estimate of drug-likeness (QED) is 0.831. The fraction of sp³-hybridized carbons (Fsp3) is 0.417. The summed E-state index contributed by atoms with van der Waals surface area (Å²) < 4.78 is 41.6. The monoisotopic (exact) mass is 334 g/mol. The number of anilines is 1. The number of piperazine rings is 1. The van der Waals surface area contributed by atoms with Crippen LogP contribution in [0, 0.1) is 5.82 Å². The molecule has 0 radical (unpaired) electrons. The maximum Gasteiger partial charge on any atom is 0.286 e. The van der Waals surface area contributed by atoms with Crippen molar-refractivity contribution in [1.82, 2.24) is 10.2 Å². The molecule has 2 aliphatic rings. The van der Waals surface area contributed by atoms with Gasteiger partial charge in [0.2, 0.25) is 0 Å². The van der Waals surface area contributed by atoms with Crippen LogP contribution in [-0.4, -0.2) is 51.9 Å². The summed E-state index contributed by atoms with van der Waals surface area (Å²) in [7, 11) is -3.82. The van der Waals surface area contributed by atoms with E-state index in [0.29, 0.717) is 6.54 Å². The van der Waals surface area contributed by atoms with Crippen molar-refractivity contribution in [3.63, 3.8) is 0 Å². The highest BCUT2D eigenvalue weighted by Crippen LogP contribution is 2.29. The number of benzene rings is 1. The second kappa shape index (κ2) is 6.27. The van der Waals surface area contributed by atoms with Crippen LogP contribution in [0.2, 0.25) is 0 Å². The van der Waals surface area contributed by atoms with Gasteiger partial charge < -0.3 is 10.6 Å². The lowest BCUT2D eigenvalue weighted by molar-refractivity contribution is 0.272. The zero-order valence-corrected chi connectivity index (χ0v) is 12.8. The summed E-state index contributed by atoms with van der Waals surface area (Å²) in [5, 5.41) is 6.01. The molecule has 2 aliphatic heterocycles. The van der Waals surface area contributed by atoms with Crippen molar-refractivity contribution in [1.29, 1.82) is 0 Å². The largest absolute Gasteiger partial charge is 0.338 e. The third-order valence-corrected chi connectivity index (χ3v) is 4.69. The van der Waals surface area contributed by atoms with Gasteiger partial charge >= 0.3 is 0 Å². The molecule has 3 rings (SSSR count). The van der Waals surface area contributed by atoms with E-state index < -0.39 is 15.8 Å². The van der Waals surface area contributed by atoms with Gasteiger partial charge in [-0.1, -0.05) is 6.07 Å². The number of para-hydroxylation sites is 1. The molecule has 0 aromatic heterocycles. The van der Waals surface area contributed by atoms with Gasteiger partial charge in [-0.25, -0.2) is 4.39 Å². The molecule has 6 nitrogen and oxygen atoms in total. The van der Waals surface area contributed by atoms with Crippen molar-refractivity contribution in [2.45, 2.75) is 4.90 Å². The SMILES string of the molecule is Cl.O=S1(=O)N=C(CN2CCNCC2)Nc2c(F)cccc21. The van der Waals surface area contributed by atoms with E-state index in [-0.39, 0.29) is 28.8 Å². The Morgan fingerprint density at radius 1 is 1.29 bits per heavy atom. The molecule has 0 unspecified atom stereocenters. The molecule has 21 heavy (non-hydrogen) atoms. The van der Waals surface area contributed by atoms with Crippen LogP contribution in [0.3, 0.4) is 0 Å². The first kappa shape index (κ1) is 16.2. The number of sulfonamides is 1. The average molecular weight is 335 g/mol. The van der Waals surface area contributed by atoms with Crippen molar-refractivity contribution in [2.24, 2.45) is 4.40 Å². The Balaban J connectivity index is 0.00000161. The molecule has 1 aromatic rings. The van der Waals surface area contributed by atoms with Gasteiger partial charge in [-0.3, -0.25) is 4.90 Å². The van der Waals surface area contributed by atoms with Crippen LogP contribution in [0.25, 0.3) is 0 Å². The van der Waals surface area contributed by atoms with Crippen LogP contribution in [0.4, 0.5) is 10.1 Å². The Morgan fingerprint density at radius 3 is 2.71 bits per heavy atom. The number of hydrogen-bond acceptors (Lipinski definition) is 5. The smallest absolute Gasteiger partial charge is 0.286 e. The summed E-state index contributed by atoms with van der Waals surface area (Å²) in [6.07, 6.45) is 0. The minimum Gasteiger partial charge on any atom is -0.338 e. The maximum absolute atomic E-state index is 13.8. The van der Waals surface area contributed by atoms with Crippen molar-refractivity contribution < 1.29 is 12.8 Å². The van der Waals surface area contributed by atoms with Crippen molar-refractivity contribution in [3.8, 4) is 0 Å². The predicted molar refractivity (Wildman–Crippen MR) is 81.2 cm³/mol. The molecule has 1 fully saturated rings. The lowest BCUT2D eigenvalue weighted by atomic mass is 10.3. The molecular formula is C12H16ClFN4O2S. The minimum absolute atomic E-state index is 0. The number of amidine groups is 1. The first-order chi connectivity index (χ1) is 9.56. The molecule has 2 heterocycles. The van der Waals surface area contributed by atoms with Gasteiger partial charge in [0, 0.05) is 26.2 Å². The molecule has 0 aliphatic carbocycles. The first-order valence-electron chi connectivity index (χ1n) is 6.39. The Kier molecular flexibility index (Phi) is 4.82. The molecule has 0 spiro atoms. The van der Waals surface area contributed by atoms with Gasteiger partial charge in [-0.15, -0.1) is 16.8 Å². The molecule has 116 valence electrons. The van der Waals surface area contributed by atoms with Gasteiger partial charge in [0.1, 0.15) is 16.5 Å². The van der Waals surface area contributed by atoms with Gasteiger partial charge in [0.25, 0.3) is 10.0 Å². The third-order valence-electron chi connectivity index (χ3n) is 3.34. The van der Waals surface area contributed by atoms with E-state index in [0.717, 1.165) is 26.2 Å². The van der Waals surface area contributed by atoms with E-state index in [4.69, 9.17) is 0 Å². The van der Waals surface area contributed by atoms with Gasteiger partial charge in [-0.2, -0.15) is 8.42 Å². The fourth-order valence-electron chi connectivity index (χ4n) is 2.35. The highest BCUT2D eigenvalue weighted by molar-refractivity contribution is 7.90. The second-order valence-electron chi connectivity index (χ2n) is 4.78. The Hall–Kier alpha value is -1.22. The lowest BCUT2D eigenvalue weighted by Crippen LogP contribution is -2.47. The summed E-state index contributed by atoms with van der Waals surface area (Å²) in [5.41, 5.74) is -0.00682. The van der Waals surface area contributed by atoms with Crippen molar-refractivity contribution in [3.05, 3.63) is 24.0 Å². The standard InChI is InChI=1S/C12H15FN4O2S.ClH/c13-9-2-1-3-10-12(9)15-11(16-20(10,18)19)8-17-6-4-14-5-7-17;/h1-3,14H,4-8H2,(H,15,16);1H. The highest BCUT2D eigenvalue weighted by Gasteiger charge is 2.28. The number of fused-ring (bicyclic) bond motifs is 1. The van der Waals surface area contributed by atoms with Crippen LogP contribution in [-0.2, 0) is 10.0 Å². The van der Waals surface area contributed by atoms with E-state index in [1.165, 1.54) is 18.2 Å². The van der Waals surface area contributed by atoms with Crippen LogP contribution in [0.1, 0.15) is 0 Å². The summed E-state index contributed by atoms with van der Waals surface area (Å²) in [6.45, 7) is 3.69. The molecule has 1 aromatic carbocycles. The summed E-state index contributed by atoms with van der Waals surface area (Å²) in [5.74, 6) is -0.316. The molecular weight excluding hydrogens is 319 g/mol. The molecule has 2 N–H and O–H groups in total. The van der Waals surface area contributed by atoms with E-state index >= 15 is 0 Å². The van der Waals surface area contributed by atoms with E-state index in [2.05, 4.69) is 19.9 Å². The number of nitrogens with zero attached hydrogens (tertiary/aromatic N) is 2.